The second-order valence-corrected chi connectivity index (χ2v) is 8.01. The van der Waals surface area contributed by atoms with Gasteiger partial charge in [-0.05, 0) is 35.8 Å². The van der Waals surface area contributed by atoms with E-state index in [9.17, 15) is 0 Å². The normalized spacial score (nSPS) is 32.8. The minimum Gasteiger partial charge on any atom is -0.313 e. The first kappa shape index (κ1) is 12.8. The minimum atomic E-state index is 0.539. The fourth-order valence-electron chi connectivity index (χ4n) is 3.19. The van der Waals surface area contributed by atoms with Crippen molar-refractivity contribution in [1.82, 2.24) is 5.32 Å². The second kappa shape index (κ2) is 4.89. The van der Waals surface area contributed by atoms with Crippen LogP contribution in [0.15, 0.2) is 0 Å². The summed E-state index contributed by atoms with van der Waals surface area (Å²) in [5.41, 5.74) is 1.14. The highest BCUT2D eigenvalue weighted by molar-refractivity contribution is 7.99. The quantitative estimate of drug-likeness (QED) is 0.809. The van der Waals surface area contributed by atoms with E-state index in [0.717, 1.165) is 6.04 Å². The van der Waals surface area contributed by atoms with E-state index < -0.39 is 0 Å². The number of hydrogen-bond donors (Lipinski definition) is 1. The molecule has 2 fully saturated rings. The molecule has 1 nitrogen and oxygen atoms in total. The molecule has 2 heteroatoms. The maximum Gasteiger partial charge on any atom is 0.0163 e. The summed E-state index contributed by atoms with van der Waals surface area (Å²) in [5, 5.41) is 3.84. The molecule has 0 aromatic rings. The predicted molar refractivity (Wildman–Crippen MR) is 74.1 cm³/mol. The molecule has 1 unspecified atom stereocenters. The zero-order chi connectivity index (χ0) is 11.6. The number of thioether (sulfide) groups is 1. The monoisotopic (exact) mass is 241 g/mol. The molecule has 1 heterocycles. The molecule has 1 N–H and O–H groups in total. The van der Waals surface area contributed by atoms with Gasteiger partial charge in [0.05, 0.1) is 0 Å². The first-order valence-electron chi connectivity index (χ1n) is 6.80. The van der Waals surface area contributed by atoms with E-state index in [1.54, 1.807) is 0 Å². The topological polar surface area (TPSA) is 12.0 Å². The fraction of sp³-hybridized carbons (Fsp3) is 1.00. The maximum absolute atomic E-state index is 3.84. The summed E-state index contributed by atoms with van der Waals surface area (Å²) in [4.78, 5) is 0. The van der Waals surface area contributed by atoms with Crippen LogP contribution in [-0.2, 0) is 0 Å². The zero-order valence-electron chi connectivity index (χ0n) is 11.1. The van der Waals surface area contributed by atoms with E-state index in [1.807, 2.05) is 0 Å². The van der Waals surface area contributed by atoms with Crippen LogP contribution in [0.5, 0.6) is 0 Å². The maximum atomic E-state index is 3.84. The van der Waals surface area contributed by atoms with Crippen molar-refractivity contribution in [3.63, 3.8) is 0 Å². The van der Waals surface area contributed by atoms with Gasteiger partial charge in [0, 0.05) is 18.3 Å². The lowest BCUT2D eigenvalue weighted by Crippen LogP contribution is -2.44. The third kappa shape index (κ3) is 3.40. The average molecular weight is 241 g/mol. The second-order valence-electron chi connectivity index (χ2n) is 6.98. The number of rotatable bonds is 3. The molecular formula is C14H27NS. The lowest BCUT2D eigenvalue weighted by atomic mass is 9.85. The number of nitrogens with one attached hydrogen (secondary N) is 1. The third-order valence-electron chi connectivity index (χ3n) is 4.24. The highest BCUT2D eigenvalue weighted by atomic mass is 32.2. The van der Waals surface area contributed by atoms with Gasteiger partial charge >= 0.3 is 0 Å². The van der Waals surface area contributed by atoms with E-state index in [4.69, 9.17) is 0 Å². The van der Waals surface area contributed by atoms with Crippen molar-refractivity contribution in [2.24, 2.45) is 10.8 Å². The first-order chi connectivity index (χ1) is 7.49. The third-order valence-corrected chi connectivity index (χ3v) is 5.86. The van der Waals surface area contributed by atoms with Crippen LogP contribution in [0.2, 0.25) is 0 Å². The van der Waals surface area contributed by atoms with Gasteiger partial charge in [0.15, 0.2) is 0 Å². The molecule has 1 saturated heterocycles. The van der Waals surface area contributed by atoms with E-state index in [-0.39, 0.29) is 0 Å². The van der Waals surface area contributed by atoms with Crippen molar-refractivity contribution in [2.75, 3.05) is 18.1 Å². The van der Waals surface area contributed by atoms with Crippen LogP contribution < -0.4 is 5.32 Å². The van der Waals surface area contributed by atoms with Crippen molar-refractivity contribution >= 4 is 11.8 Å². The van der Waals surface area contributed by atoms with Crippen molar-refractivity contribution in [3.05, 3.63) is 0 Å². The molecule has 0 aromatic heterocycles. The van der Waals surface area contributed by atoms with Crippen LogP contribution in [-0.4, -0.2) is 24.1 Å². The molecule has 0 amide bonds. The summed E-state index contributed by atoms with van der Waals surface area (Å²) in [5.74, 6) is 2.65. The average Bonchev–Trinajstić information content (AvgIpc) is 2.62. The molecule has 2 rings (SSSR count). The Morgan fingerprint density at radius 1 is 1.19 bits per heavy atom. The largest absolute Gasteiger partial charge is 0.313 e. The Morgan fingerprint density at radius 2 is 1.88 bits per heavy atom. The van der Waals surface area contributed by atoms with Gasteiger partial charge in [-0.1, -0.05) is 33.6 Å². The molecule has 1 atom stereocenters. The molecule has 94 valence electrons. The lowest BCUT2D eigenvalue weighted by Gasteiger charge is -2.37. The fourth-order valence-corrected chi connectivity index (χ4v) is 4.50. The van der Waals surface area contributed by atoms with Gasteiger partial charge in [0.25, 0.3) is 0 Å². The summed E-state index contributed by atoms with van der Waals surface area (Å²) in [6.45, 7) is 8.53. The SMILES string of the molecule is CC1(C)CSCC(NCC2(C)CCCC2)C1. The zero-order valence-corrected chi connectivity index (χ0v) is 12.0. The molecule has 0 spiro atoms. The Bertz CT molecular complexity index is 231. The summed E-state index contributed by atoms with van der Waals surface area (Å²) < 4.78 is 0. The predicted octanol–water partition coefficient (Wildman–Crippen LogP) is 3.69. The Hall–Kier alpha value is 0.310. The van der Waals surface area contributed by atoms with Gasteiger partial charge in [-0.25, -0.2) is 0 Å². The Morgan fingerprint density at radius 3 is 2.50 bits per heavy atom. The Balaban J connectivity index is 1.77. The van der Waals surface area contributed by atoms with Crippen molar-refractivity contribution in [1.29, 1.82) is 0 Å². The van der Waals surface area contributed by atoms with Gasteiger partial charge in [-0.2, -0.15) is 11.8 Å². The summed E-state index contributed by atoms with van der Waals surface area (Å²) in [6, 6.07) is 0.756. The highest BCUT2D eigenvalue weighted by Crippen LogP contribution is 2.38. The van der Waals surface area contributed by atoms with Crippen LogP contribution in [0, 0.1) is 10.8 Å². The van der Waals surface area contributed by atoms with Crippen molar-refractivity contribution in [2.45, 2.75) is 58.9 Å². The molecule has 0 bridgehead atoms. The van der Waals surface area contributed by atoms with Gasteiger partial charge in [0.2, 0.25) is 0 Å². The lowest BCUT2D eigenvalue weighted by molar-refractivity contribution is 0.263. The smallest absolute Gasteiger partial charge is 0.0163 e. The first-order valence-corrected chi connectivity index (χ1v) is 7.96. The molecule has 16 heavy (non-hydrogen) atoms. The summed E-state index contributed by atoms with van der Waals surface area (Å²) in [7, 11) is 0. The van der Waals surface area contributed by atoms with Gasteiger partial charge in [-0.15, -0.1) is 0 Å². The molecule has 0 aromatic carbocycles. The Labute approximate surface area is 105 Å². The summed E-state index contributed by atoms with van der Waals surface area (Å²) >= 11 is 2.13. The van der Waals surface area contributed by atoms with E-state index in [2.05, 4.69) is 37.8 Å². The molecule has 1 saturated carbocycles. The molecule has 2 aliphatic rings. The van der Waals surface area contributed by atoms with Gasteiger partial charge in [0.1, 0.15) is 0 Å². The van der Waals surface area contributed by atoms with Crippen molar-refractivity contribution in [3.8, 4) is 0 Å². The standard InChI is InChI=1S/C14H27NS/c1-13(2)8-12(9-16-11-13)15-10-14(3)6-4-5-7-14/h12,15H,4-11H2,1-3H3. The molecule has 1 aliphatic heterocycles. The van der Waals surface area contributed by atoms with E-state index in [0.29, 0.717) is 10.8 Å². The minimum absolute atomic E-state index is 0.539. The van der Waals surface area contributed by atoms with Crippen LogP contribution >= 0.6 is 11.8 Å². The summed E-state index contributed by atoms with van der Waals surface area (Å²) in [6.07, 6.45) is 7.12. The van der Waals surface area contributed by atoms with Crippen molar-refractivity contribution < 1.29 is 0 Å². The molecule has 0 radical (unpaired) electrons. The Kier molecular flexibility index (Phi) is 3.90. The van der Waals surface area contributed by atoms with E-state index in [1.165, 1.54) is 50.2 Å². The number of hydrogen-bond acceptors (Lipinski definition) is 2. The van der Waals surface area contributed by atoms with Crippen LogP contribution in [0.3, 0.4) is 0 Å². The van der Waals surface area contributed by atoms with Gasteiger partial charge < -0.3 is 5.32 Å². The highest BCUT2D eigenvalue weighted by Gasteiger charge is 2.32. The van der Waals surface area contributed by atoms with Crippen LogP contribution in [0.25, 0.3) is 0 Å². The van der Waals surface area contributed by atoms with E-state index >= 15 is 0 Å². The van der Waals surface area contributed by atoms with Crippen LogP contribution in [0.1, 0.15) is 52.9 Å². The molecular weight excluding hydrogens is 214 g/mol. The van der Waals surface area contributed by atoms with Gasteiger partial charge in [-0.3, -0.25) is 0 Å². The molecule has 1 aliphatic carbocycles. The van der Waals surface area contributed by atoms with Crippen LogP contribution in [0.4, 0.5) is 0 Å².